The molecule has 0 heterocycles. The number of aliphatic carboxylic acids is 2. The lowest BCUT2D eigenvalue weighted by atomic mass is 9.70. The summed E-state index contributed by atoms with van der Waals surface area (Å²) in [5.41, 5.74) is -0.740. The molecule has 1 aliphatic rings. The van der Waals surface area contributed by atoms with Crippen molar-refractivity contribution in [3.63, 3.8) is 0 Å². The zero-order valence-corrected chi connectivity index (χ0v) is 9.80. The molecule has 0 saturated heterocycles. The lowest BCUT2D eigenvalue weighted by molar-refractivity contribution is -0.160. The fraction of sp³-hybridized carbons (Fsp3) is 0.286. The summed E-state index contributed by atoms with van der Waals surface area (Å²) in [4.78, 5) is 23.0. The molecule has 0 spiro atoms. The van der Waals surface area contributed by atoms with Crippen molar-refractivity contribution < 1.29 is 19.8 Å². The van der Waals surface area contributed by atoms with Crippen LogP contribution in [0.15, 0.2) is 36.4 Å². The second-order valence-electron chi connectivity index (χ2n) is 4.39. The Kier molecular flexibility index (Phi) is 3.19. The number of carboxylic acids is 2. The van der Waals surface area contributed by atoms with E-state index in [9.17, 15) is 19.8 Å². The molecule has 0 aromatic heterocycles. The van der Waals surface area contributed by atoms with Gasteiger partial charge in [-0.2, -0.15) is 0 Å². The molecule has 2 rings (SSSR count). The lowest BCUT2D eigenvalue weighted by Crippen LogP contribution is -2.41. The van der Waals surface area contributed by atoms with Crippen molar-refractivity contribution in [2.45, 2.75) is 19.3 Å². The van der Waals surface area contributed by atoms with E-state index >= 15 is 0 Å². The van der Waals surface area contributed by atoms with Crippen LogP contribution in [0.1, 0.15) is 24.8 Å². The molecule has 1 aromatic carbocycles. The van der Waals surface area contributed by atoms with Crippen molar-refractivity contribution in [3.8, 4) is 0 Å². The highest BCUT2D eigenvalue weighted by atomic mass is 16.4. The maximum atomic E-state index is 11.5. The molecule has 0 saturated carbocycles. The van der Waals surface area contributed by atoms with Gasteiger partial charge in [0.2, 0.25) is 0 Å². The first-order chi connectivity index (χ1) is 8.59. The molecule has 0 atom stereocenters. The molecule has 1 aromatic rings. The highest BCUT2D eigenvalue weighted by Crippen LogP contribution is 2.43. The third-order valence-electron chi connectivity index (χ3n) is 3.38. The molecule has 1 aliphatic carbocycles. The van der Waals surface area contributed by atoms with Crippen molar-refractivity contribution in [3.05, 3.63) is 42.0 Å². The van der Waals surface area contributed by atoms with E-state index in [1.807, 2.05) is 6.07 Å². The van der Waals surface area contributed by atoms with E-state index in [1.54, 1.807) is 30.3 Å². The van der Waals surface area contributed by atoms with Crippen LogP contribution in [0.5, 0.6) is 0 Å². The summed E-state index contributed by atoms with van der Waals surface area (Å²) in [5.74, 6) is -2.57. The Bertz CT molecular complexity index is 488. The number of hydrogen-bond acceptors (Lipinski definition) is 2. The van der Waals surface area contributed by atoms with Crippen molar-refractivity contribution in [1.29, 1.82) is 0 Å². The van der Waals surface area contributed by atoms with Gasteiger partial charge in [-0.05, 0) is 30.4 Å². The molecule has 4 nitrogen and oxygen atoms in total. The molecule has 0 amide bonds. The van der Waals surface area contributed by atoms with Gasteiger partial charge >= 0.3 is 11.9 Å². The van der Waals surface area contributed by atoms with Gasteiger partial charge in [0, 0.05) is 0 Å². The van der Waals surface area contributed by atoms with Gasteiger partial charge in [0.15, 0.2) is 5.41 Å². The molecular formula is C14H14O4. The molecule has 0 radical (unpaired) electrons. The Morgan fingerprint density at radius 1 is 1.06 bits per heavy atom. The Morgan fingerprint density at radius 2 is 1.67 bits per heavy atom. The largest absolute Gasteiger partial charge is 0.480 e. The van der Waals surface area contributed by atoms with Crippen LogP contribution < -0.4 is 0 Å². The SMILES string of the molecule is O=C(O)C1(C(=O)O)CCCC=C1c1ccccc1. The molecule has 0 bridgehead atoms. The van der Waals surface area contributed by atoms with Gasteiger partial charge in [-0.3, -0.25) is 9.59 Å². The molecule has 0 unspecified atom stereocenters. The fourth-order valence-electron chi connectivity index (χ4n) is 2.44. The van der Waals surface area contributed by atoms with Crippen LogP contribution in [0.2, 0.25) is 0 Å². The van der Waals surface area contributed by atoms with Gasteiger partial charge in [-0.15, -0.1) is 0 Å². The van der Waals surface area contributed by atoms with Gasteiger partial charge in [0.25, 0.3) is 0 Å². The average Bonchev–Trinajstić information content (AvgIpc) is 2.39. The second-order valence-corrected chi connectivity index (χ2v) is 4.39. The summed E-state index contributed by atoms with van der Waals surface area (Å²) in [6.07, 6.45) is 3.17. The maximum Gasteiger partial charge on any atom is 0.325 e. The lowest BCUT2D eigenvalue weighted by Gasteiger charge is -2.31. The number of rotatable bonds is 3. The summed E-state index contributed by atoms with van der Waals surface area (Å²) in [6.45, 7) is 0. The van der Waals surface area contributed by atoms with E-state index in [0.29, 0.717) is 24.0 Å². The topological polar surface area (TPSA) is 74.6 Å². The zero-order valence-electron chi connectivity index (χ0n) is 9.80. The Labute approximate surface area is 105 Å². The number of allylic oxidation sites excluding steroid dienone is 1. The second kappa shape index (κ2) is 4.64. The Balaban J connectivity index is 2.58. The summed E-state index contributed by atoms with van der Waals surface area (Å²) in [7, 11) is 0. The normalized spacial score (nSPS) is 17.9. The number of hydrogen-bond donors (Lipinski definition) is 2. The summed E-state index contributed by atoms with van der Waals surface area (Å²) in [6, 6.07) is 8.87. The van der Waals surface area contributed by atoms with Crippen LogP contribution in [0.3, 0.4) is 0 Å². The number of carbonyl (C=O) groups is 2. The predicted molar refractivity (Wildman–Crippen MR) is 66.0 cm³/mol. The molecule has 0 fully saturated rings. The van der Waals surface area contributed by atoms with Crippen LogP contribution >= 0.6 is 0 Å². The first-order valence-electron chi connectivity index (χ1n) is 5.82. The van der Waals surface area contributed by atoms with Crippen molar-refractivity contribution in [2.24, 2.45) is 5.41 Å². The molecule has 18 heavy (non-hydrogen) atoms. The third-order valence-corrected chi connectivity index (χ3v) is 3.38. The van der Waals surface area contributed by atoms with E-state index in [-0.39, 0.29) is 6.42 Å². The highest BCUT2D eigenvalue weighted by Gasteiger charge is 2.50. The van der Waals surface area contributed by atoms with Gasteiger partial charge in [-0.25, -0.2) is 0 Å². The smallest absolute Gasteiger partial charge is 0.325 e. The third kappa shape index (κ3) is 1.79. The molecular weight excluding hydrogens is 232 g/mol. The Hall–Kier alpha value is -2.10. The predicted octanol–water partition coefficient (Wildman–Crippen LogP) is 2.41. The van der Waals surface area contributed by atoms with Gasteiger partial charge in [0.05, 0.1) is 0 Å². The quantitative estimate of drug-likeness (QED) is 0.803. The summed E-state index contributed by atoms with van der Waals surface area (Å²) < 4.78 is 0. The zero-order chi connectivity index (χ0) is 13.2. The van der Waals surface area contributed by atoms with E-state index in [1.165, 1.54) is 0 Å². The average molecular weight is 246 g/mol. The highest BCUT2D eigenvalue weighted by molar-refractivity contribution is 6.11. The van der Waals surface area contributed by atoms with Gasteiger partial charge in [0.1, 0.15) is 0 Å². The van der Waals surface area contributed by atoms with Gasteiger partial charge < -0.3 is 10.2 Å². The van der Waals surface area contributed by atoms with E-state index < -0.39 is 17.4 Å². The minimum atomic E-state index is -1.81. The van der Waals surface area contributed by atoms with E-state index in [0.717, 1.165) is 0 Å². The maximum absolute atomic E-state index is 11.5. The molecule has 94 valence electrons. The van der Waals surface area contributed by atoms with E-state index in [2.05, 4.69) is 0 Å². The van der Waals surface area contributed by atoms with Crippen LogP contribution in [0.4, 0.5) is 0 Å². The van der Waals surface area contributed by atoms with Crippen molar-refractivity contribution in [2.75, 3.05) is 0 Å². The van der Waals surface area contributed by atoms with Crippen LogP contribution in [-0.4, -0.2) is 22.2 Å². The van der Waals surface area contributed by atoms with Crippen LogP contribution in [-0.2, 0) is 9.59 Å². The minimum Gasteiger partial charge on any atom is -0.480 e. The molecule has 2 N–H and O–H groups in total. The van der Waals surface area contributed by atoms with Crippen LogP contribution in [0.25, 0.3) is 5.57 Å². The summed E-state index contributed by atoms with van der Waals surface area (Å²) in [5, 5.41) is 18.7. The van der Waals surface area contributed by atoms with Crippen molar-refractivity contribution in [1.82, 2.24) is 0 Å². The fourth-order valence-corrected chi connectivity index (χ4v) is 2.44. The minimum absolute atomic E-state index is 0.137. The standard InChI is InChI=1S/C14H14O4/c15-12(16)14(13(17)18)9-5-4-8-11(14)10-6-2-1-3-7-10/h1-3,6-8H,4-5,9H2,(H,15,16)(H,17,18). The summed E-state index contributed by atoms with van der Waals surface area (Å²) >= 11 is 0. The Morgan fingerprint density at radius 3 is 2.22 bits per heavy atom. The van der Waals surface area contributed by atoms with Crippen molar-refractivity contribution >= 4 is 17.5 Å². The first kappa shape index (κ1) is 12.4. The molecule has 4 heteroatoms. The number of carboxylic acid groups (broad SMARTS) is 2. The van der Waals surface area contributed by atoms with Gasteiger partial charge in [-0.1, -0.05) is 36.4 Å². The van der Waals surface area contributed by atoms with Crippen LogP contribution in [0, 0.1) is 5.41 Å². The van der Waals surface area contributed by atoms with E-state index in [4.69, 9.17) is 0 Å². The first-order valence-corrected chi connectivity index (χ1v) is 5.82. The molecule has 0 aliphatic heterocycles. The monoisotopic (exact) mass is 246 g/mol. The number of benzene rings is 1.